The van der Waals surface area contributed by atoms with E-state index in [1.165, 1.54) is 0 Å². The quantitative estimate of drug-likeness (QED) is 0.885. The van der Waals surface area contributed by atoms with Crippen LogP contribution in [0.2, 0.25) is 5.02 Å². The molecule has 5 nitrogen and oxygen atoms in total. The highest BCUT2D eigenvalue weighted by Crippen LogP contribution is 2.24. The number of nitrogens with zero attached hydrogens (tertiary/aromatic N) is 1. The van der Waals surface area contributed by atoms with E-state index < -0.39 is 5.54 Å². The molecule has 2 saturated heterocycles. The highest BCUT2D eigenvalue weighted by atomic mass is 35.5. The van der Waals surface area contributed by atoms with Crippen molar-refractivity contribution in [3.05, 3.63) is 29.3 Å². The predicted molar refractivity (Wildman–Crippen MR) is 87.2 cm³/mol. The molecule has 2 fully saturated rings. The van der Waals surface area contributed by atoms with E-state index in [9.17, 15) is 4.79 Å². The van der Waals surface area contributed by atoms with Crippen LogP contribution >= 0.6 is 11.6 Å². The number of nitrogens with two attached hydrogens (primary N) is 1. The normalized spacial score (nSPS) is 24.3. The van der Waals surface area contributed by atoms with Crippen molar-refractivity contribution >= 4 is 23.2 Å². The number of anilines is 1. The number of carbonyl (C=O) groups is 1. The van der Waals surface area contributed by atoms with Gasteiger partial charge >= 0.3 is 0 Å². The first kappa shape index (κ1) is 15.6. The lowest BCUT2D eigenvalue weighted by Gasteiger charge is -2.33. The highest BCUT2D eigenvalue weighted by molar-refractivity contribution is 6.30. The molecule has 0 bridgehead atoms. The van der Waals surface area contributed by atoms with Crippen LogP contribution in [0.4, 0.5) is 5.69 Å². The van der Waals surface area contributed by atoms with Crippen molar-refractivity contribution in [3.8, 4) is 0 Å². The fraction of sp³-hybridized carbons (Fsp3) is 0.562. The summed E-state index contributed by atoms with van der Waals surface area (Å²) in [4.78, 5) is 14.7. The van der Waals surface area contributed by atoms with Gasteiger partial charge in [-0.15, -0.1) is 0 Å². The van der Waals surface area contributed by atoms with E-state index >= 15 is 0 Å². The molecule has 1 aromatic rings. The second kappa shape index (κ2) is 6.44. The molecule has 120 valence electrons. The van der Waals surface area contributed by atoms with Crippen LogP contribution in [0, 0.1) is 0 Å². The second-order valence-corrected chi connectivity index (χ2v) is 6.59. The standard InChI is InChI=1S/C16H22ClN3O2/c17-12-2-1-3-14(10-12)20-7-4-13(11-20)19-15(21)16(18)5-8-22-9-6-16/h1-3,10,13H,4-9,11,18H2,(H,19,21). The molecule has 1 atom stereocenters. The number of ether oxygens (including phenoxy) is 1. The van der Waals surface area contributed by atoms with E-state index in [1.807, 2.05) is 24.3 Å². The van der Waals surface area contributed by atoms with Crippen LogP contribution in [-0.4, -0.2) is 43.8 Å². The molecule has 1 amide bonds. The summed E-state index contributed by atoms with van der Waals surface area (Å²) >= 11 is 6.04. The molecular formula is C16H22ClN3O2. The molecule has 3 rings (SSSR count). The number of rotatable bonds is 3. The Morgan fingerprint density at radius 1 is 1.41 bits per heavy atom. The number of halogens is 1. The number of hydrogen-bond acceptors (Lipinski definition) is 4. The molecule has 0 spiro atoms. The number of carbonyl (C=O) groups excluding carboxylic acids is 1. The van der Waals surface area contributed by atoms with Crippen molar-refractivity contribution < 1.29 is 9.53 Å². The third-order valence-electron chi connectivity index (χ3n) is 4.53. The summed E-state index contributed by atoms with van der Waals surface area (Å²) in [5.41, 5.74) is 6.54. The van der Waals surface area contributed by atoms with Crippen LogP contribution in [-0.2, 0) is 9.53 Å². The van der Waals surface area contributed by atoms with Crippen LogP contribution in [0.15, 0.2) is 24.3 Å². The summed E-state index contributed by atoms with van der Waals surface area (Å²) in [7, 11) is 0. The highest BCUT2D eigenvalue weighted by Gasteiger charge is 2.37. The molecule has 0 radical (unpaired) electrons. The predicted octanol–water partition coefficient (Wildman–Crippen LogP) is 1.54. The van der Waals surface area contributed by atoms with Gasteiger partial charge in [-0.05, 0) is 37.5 Å². The van der Waals surface area contributed by atoms with Crippen molar-refractivity contribution in [2.24, 2.45) is 5.73 Å². The Hall–Kier alpha value is -1.30. The van der Waals surface area contributed by atoms with E-state index in [0.717, 1.165) is 30.2 Å². The van der Waals surface area contributed by atoms with Crippen LogP contribution in [0.5, 0.6) is 0 Å². The molecule has 2 heterocycles. The van der Waals surface area contributed by atoms with Crippen molar-refractivity contribution in [2.45, 2.75) is 30.8 Å². The van der Waals surface area contributed by atoms with Crippen LogP contribution in [0.3, 0.4) is 0 Å². The molecule has 2 aliphatic rings. The van der Waals surface area contributed by atoms with E-state index in [1.54, 1.807) is 0 Å². The van der Waals surface area contributed by atoms with Gasteiger partial charge in [0.1, 0.15) is 0 Å². The Morgan fingerprint density at radius 2 is 2.18 bits per heavy atom. The molecular weight excluding hydrogens is 302 g/mol. The minimum Gasteiger partial charge on any atom is -0.381 e. The smallest absolute Gasteiger partial charge is 0.240 e. The van der Waals surface area contributed by atoms with Crippen molar-refractivity contribution in [1.82, 2.24) is 5.32 Å². The largest absolute Gasteiger partial charge is 0.381 e. The van der Waals surface area contributed by atoms with Crippen LogP contribution < -0.4 is 16.0 Å². The Morgan fingerprint density at radius 3 is 2.91 bits per heavy atom. The maximum absolute atomic E-state index is 12.4. The zero-order chi connectivity index (χ0) is 15.6. The minimum atomic E-state index is -0.776. The number of amides is 1. The number of hydrogen-bond donors (Lipinski definition) is 2. The summed E-state index contributed by atoms with van der Waals surface area (Å²) in [6.45, 7) is 2.82. The fourth-order valence-corrected chi connectivity index (χ4v) is 3.26. The lowest BCUT2D eigenvalue weighted by Crippen LogP contribution is -2.59. The summed E-state index contributed by atoms with van der Waals surface area (Å²) in [5.74, 6) is -0.0475. The Bertz CT molecular complexity index is 546. The van der Waals surface area contributed by atoms with Gasteiger partial charge in [0, 0.05) is 43.1 Å². The second-order valence-electron chi connectivity index (χ2n) is 6.15. The average Bonchev–Trinajstić information content (AvgIpc) is 2.96. The molecule has 0 aromatic heterocycles. The third kappa shape index (κ3) is 3.37. The first-order valence-corrected chi connectivity index (χ1v) is 8.13. The van der Waals surface area contributed by atoms with E-state index in [0.29, 0.717) is 26.1 Å². The van der Waals surface area contributed by atoms with Crippen LogP contribution in [0.1, 0.15) is 19.3 Å². The topological polar surface area (TPSA) is 67.6 Å². The fourth-order valence-electron chi connectivity index (χ4n) is 3.08. The molecule has 0 aliphatic carbocycles. The third-order valence-corrected chi connectivity index (χ3v) is 4.77. The first-order valence-electron chi connectivity index (χ1n) is 7.75. The molecule has 6 heteroatoms. The molecule has 22 heavy (non-hydrogen) atoms. The maximum Gasteiger partial charge on any atom is 0.240 e. The zero-order valence-corrected chi connectivity index (χ0v) is 13.3. The molecule has 0 saturated carbocycles. The van der Waals surface area contributed by atoms with Gasteiger partial charge in [0.2, 0.25) is 5.91 Å². The summed E-state index contributed by atoms with van der Waals surface area (Å²) in [6, 6.07) is 7.94. The Kier molecular flexibility index (Phi) is 4.57. The summed E-state index contributed by atoms with van der Waals surface area (Å²) < 4.78 is 5.29. The number of benzene rings is 1. The SMILES string of the molecule is NC1(C(=O)NC2CCN(c3cccc(Cl)c3)C2)CCOCC1. The van der Waals surface area contributed by atoms with E-state index in [-0.39, 0.29) is 11.9 Å². The summed E-state index contributed by atoms with van der Waals surface area (Å²) in [6.07, 6.45) is 2.10. The van der Waals surface area contributed by atoms with E-state index in [2.05, 4.69) is 10.2 Å². The molecule has 2 aliphatic heterocycles. The first-order chi connectivity index (χ1) is 10.6. The van der Waals surface area contributed by atoms with Gasteiger partial charge in [0.25, 0.3) is 0 Å². The van der Waals surface area contributed by atoms with Gasteiger partial charge < -0.3 is 20.7 Å². The number of nitrogens with one attached hydrogen (secondary N) is 1. The van der Waals surface area contributed by atoms with Gasteiger partial charge in [-0.2, -0.15) is 0 Å². The van der Waals surface area contributed by atoms with Gasteiger partial charge in [-0.1, -0.05) is 17.7 Å². The van der Waals surface area contributed by atoms with Crippen molar-refractivity contribution in [2.75, 3.05) is 31.2 Å². The lowest BCUT2D eigenvalue weighted by molar-refractivity contribution is -0.130. The average molecular weight is 324 g/mol. The van der Waals surface area contributed by atoms with Gasteiger partial charge in [-0.25, -0.2) is 0 Å². The lowest BCUT2D eigenvalue weighted by atomic mass is 9.90. The van der Waals surface area contributed by atoms with Gasteiger partial charge in [0.15, 0.2) is 0 Å². The molecule has 1 aromatic carbocycles. The monoisotopic (exact) mass is 323 g/mol. The maximum atomic E-state index is 12.4. The van der Waals surface area contributed by atoms with Crippen molar-refractivity contribution in [1.29, 1.82) is 0 Å². The Labute approximate surface area is 135 Å². The molecule has 1 unspecified atom stereocenters. The Balaban J connectivity index is 1.58. The van der Waals surface area contributed by atoms with Crippen LogP contribution in [0.25, 0.3) is 0 Å². The van der Waals surface area contributed by atoms with E-state index in [4.69, 9.17) is 22.1 Å². The summed E-state index contributed by atoms with van der Waals surface area (Å²) in [5, 5.41) is 3.84. The van der Waals surface area contributed by atoms with Crippen molar-refractivity contribution in [3.63, 3.8) is 0 Å². The zero-order valence-electron chi connectivity index (χ0n) is 12.6. The minimum absolute atomic E-state index is 0.0475. The molecule has 3 N–H and O–H groups in total. The van der Waals surface area contributed by atoms with Gasteiger partial charge in [-0.3, -0.25) is 4.79 Å². The van der Waals surface area contributed by atoms with Gasteiger partial charge in [0.05, 0.1) is 5.54 Å².